The summed E-state index contributed by atoms with van der Waals surface area (Å²) in [7, 11) is 0. The zero-order chi connectivity index (χ0) is 23.6. The Balaban J connectivity index is 1.78. The first-order chi connectivity index (χ1) is 15.1. The van der Waals surface area contributed by atoms with E-state index in [0.717, 1.165) is 5.56 Å². The summed E-state index contributed by atoms with van der Waals surface area (Å²) in [6.45, 7) is 1.78. The molecule has 1 saturated heterocycles. The number of aliphatic carboxylic acids is 1. The van der Waals surface area contributed by atoms with Crippen LogP contribution in [0.5, 0.6) is 0 Å². The van der Waals surface area contributed by atoms with Gasteiger partial charge in [0, 0.05) is 5.69 Å². The fourth-order valence-electron chi connectivity index (χ4n) is 3.22. The van der Waals surface area contributed by atoms with E-state index in [2.05, 4.69) is 5.32 Å². The molecule has 2 aromatic rings. The Kier molecular flexibility index (Phi) is 7.32. The number of carbonyl (C=O) groups is 2. The second kappa shape index (κ2) is 9.80. The monoisotopic (exact) mass is 469 g/mol. The third kappa shape index (κ3) is 5.17. The molecule has 32 heavy (non-hydrogen) atoms. The average molecular weight is 470 g/mol. The van der Waals surface area contributed by atoms with Crippen molar-refractivity contribution < 1.29 is 43.9 Å². The Morgan fingerprint density at radius 3 is 2.53 bits per heavy atom. The molecule has 1 fully saturated rings. The van der Waals surface area contributed by atoms with E-state index in [1.807, 2.05) is 0 Å². The smallest absolute Gasteiger partial charge is 0.335 e. The molecule has 1 heterocycles. The SMILES string of the molecule is Cc1ccc(Nc2c(F)cccc2Cl)c(CC(=O)O[C@H]2OC(C(=O)O)[C@H](O)[C@@H](O)[C@H]2O)c1. The first kappa shape index (κ1) is 23.9. The molecule has 172 valence electrons. The van der Waals surface area contributed by atoms with E-state index in [1.54, 1.807) is 25.1 Å². The summed E-state index contributed by atoms with van der Waals surface area (Å²) in [5, 5.41) is 41.6. The number of aliphatic hydroxyl groups is 3. The number of carboxylic acids is 1. The largest absolute Gasteiger partial charge is 0.479 e. The van der Waals surface area contributed by atoms with Crippen LogP contribution in [0, 0.1) is 12.7 Å². The molecule has 5 N–H and O–H groups in total. The van der Waals surface area contributed by atoms with Crippen molar-refractivity contribution in [3.8, 4) is 0 Å². The third-order valence-electron chi connectivity index (χ3n) is 4.88. The molecule has 11 heteroatoms. The Bertz CT molecular complexity index is 999. The quantitative estimate of drug-likeness (QED) is 0.397. The number of hydrogen-bond donors (Lipinski definition) is 5. The summed E-state index contributed by atoms with van der Waals surface area (Å²) in [6.07, 6.45) is -9.75. The maximum Gasteiger partial charge on any atom is 0.335 e. The van der Waals surface area contributed by atoms with E-state index in [-0.39, 0.29) is 17.1 Å². The van der Waals surface area contributed by atoms with E-state index in [4.69, 9.17) is 26.2 Å². The van der Waals surface area contributed by atoms with Crippen molar-refractivity contribution in [1.82, 2.24) is 0 Å². The van der Waals surface area contributed by atoms with Gasteiger partial charge in [-0.05, 0) is 30.7 Å². The van der Waals surface area contributed by atoms with E-state index >= 15 is 0 Å². The summed E-state index contributed by atoms with van der Waals surface area (Å²) in [5.41, 5.74) is 1.56. The van der Waals surface area contributed by atoms with E-state index < -0.39 is 48.5 Å². The Morgan fingerprint density at radius 1 is 1.16 bits per heavy atom. The molecule has 1 aliphatic rings. The number of aryl methyl sites for hydroxylation is 1. The molecule has 1 unspecified atom stereocenters. The standard InChI is InChI=1S/C21H21ClFNO8/c1-9-5-6-13(24-15-11(22)3-2-4-12(15)23)10(7-9)8-14(25)31-21-18(28)16(26)17(27)19(32-21)20(29)30/h2-7,16-19,21,24,26-28H,8H2,1H3,(H,29,30)/t16-,17-,18-,19?,21+/m1/s1. The first-order valence-corrected chi connectivity index (χ1v) is 9.88. The highest BCUT2D eigenvalue weighted by molar-refractivity contribution is 6.33. The lowest BCUT2D eigenvalue weighted by atomic mass is 9.99. The normalized spacial score (nSPS) is 25.2. The van der Waals surface area contributed by atoms with Crippen LogP contribution < -0.4 is 5.32 Å². The van der Waals surface area contributed by atoms with Crippen molar-refractivity contribution in [2.45, 2.75) is 44.1 Å². The van der Waals surface area contributed by atoms with Crippen molar-refractivity contribution >= 4 is 34.9 Å². The predicted octanol–water partition coefficient (Wildman–Crippen LogP) is 1.51. The van der Waals surface area contributed by atoms with Crippen molar-refractivity contribution in [2.75, 3.05) is 5.32 Å². The van der Waals surface area contributed by atoms with Crippen molar-refractivity contribution in [1.29, 1.82) is 0 Å². The number of aliphatic hydroxyl groups excluding tert-OH is 3. The molecule has 0 aliphatic carbocycles. The average Bonchev–Trinajstić information content (AvgIpc) is 2.72. The Hall–Kier alpha value is -2.76. The van der Waals surface area contributed by atoms with Crippen LogP contribution >= 0.6 is 11.6 Å². The number of carboxylic acid groups (broad SMARTS) is 1. The predicted molar refractivity (Wildman–Crippen MR) is 110 cm³/mol. The van der Waals surface area contributed by atoms with E-state index in [0.29, 0.717) is 11.3 Å². The van der Waals surface area contributed by atoms with Crippen LogP contribution in [0.3, 0.4) is 0 Å². The van der Waals surface area contributed by atoms with Gasteiger partial charge in [-0.3, -0.25) is 4.79 Å². The third-order valence-corrected chi connectivity index (χ3v) is 5.19. The van der Waals surface area contributed by atoms with E-state index in [1.165, 1.54) is 18.2 Å². The lowest BCUT2D eigenvalue weighted by Gasteiger charge is -2.37. The van der Waals surface area contributed by atoms with Gasteiger partial charge in [0.15, 0.2) is 6.10 Å². The van der Waals surface area contributed by atoms with Gasteiger partial charge in [-0.1, -0.05) is 35.4 Å². The number of benzene rings is 2. The number of esters is 1. The number of anilines is 2. The molecule has 5 atom stereocenters. The fourth-order valence-corrected chi connectivity index (χ4v) is 3.43. The van der Waals surface area contributed by atoms with Gasteiger partial charge in [0.1, 0.15) is 24.1 Å². The van der Waals surface area contributed by atoms with E-state index in [9.17, 15) is 29.3 Å². The highest BCUT2D eigenvalue weighted by atomic mass is 35.5. The zero-order valence-corrected chi connectivity index (χ0v) is 17.5. The van der Waals surface area contributed by atoms with Crippen molar-refractivity contribution in [2.24, 2.45) is 0 Å². The van der Waals surface area contributed by atoms with Crippen molar-refractivity contribution in [3.05, 3.63) is 58.4 Å². The molecular formula is C21H21ClFNO8. The van der Waals surface area contributed by atoms with Crippen LogP contribution in [-0.2, 0) is 25.5 Å². The van der Waals surface area contributed by atoms with Gasteiger partial charge in [0.05, 0.1) is 17.1 Å². The molecule has 0 bridgehead atoms. The number of ether oxygens (including phenoxy) is 2. The highest BCUT2D eigenvalue weighted by Gasteiger charge is 2.48. The van der Waals surface area contributed by atoms with Gasteiger partial charge in [0.2, 0.25) is 6.29 Å². The van der Waals surface area contributed by atoms with Gasteiger partial charge in [0.25, 0.3) is 0 Å². The number of para-hydroxylation sites is 1. The van der Waals surface area contributed by atoms with Gasteiger partial charge in [-0.15, -0.1) is 0 Å². The van der Waals surface area contributed by atoms with Crippen molar-refractivity contribution in [3.63, 3.8) is 0 Å². The summed E-state index contributed by atoms with van der Waals surface area (Å²) >= 11 is 6.05. The molecule has 3 rings (SSSR count). The summed E-state index contributed by atoms with van der Waals surface area (Å²) in [6, 6.07) is 9.16. The summed E-state index contributed by atoms with van der Waals surface area (Å²) in [5.74, 6) is -3.12. The van der Waals surface area contributed by atoms with Gasteiger partial charge in [-0.2, -0.15) is 0 Å². The van der Waals surface area contributed by atoms with Crippen LogP contribution in [0.4, 0.5) is 15.8 Å². The topological polar surface area (TPSA) is 146 Å². The molecule has 0 aromatic heterocycles. The number of halogens is 2. The zero-order valence-electron chi connectivity index (χ0n) is 16.7. The van der Waals surface area contributed by atoms with Crippen LogP contribution in [0.25, 0.3) is 0 Å². The lowest BCUT2D eigenvalue weighted by Crippen LogP contribution is -2.60. The van der Waals surface area contributed by atoms with Crippen LogP contribution in [0.15, 0.2) is 36.4 Å². The van der Waals surface area contributed by atoms with Crippen LogP contribution in [-0.4, -0.2) is 63.1 Å². The molecule has 0 spiro atoms. The highest BCUT2D eigenvalue weighted by Crippen LogP contribution is 2.31. The number of carbonyl (C=O) groups excluding carboxylic acids is 1. The van der Waals surface area contributed by atoms with Gasteiger partial charge >= 0.3 is 11.9 Å². The Morgan fingerprint density at radius 2 is 1.88 bits per heavy atom. The maximum atomic E-state index is 14.2. The Labute approximate surface area is 187 Å². The molecule has 0 saturated carbocycles. The summed E-state index contributed by atoms with van der Waals surface area (Å²) in [4.78, 5) is 23.7. The van der Waals surface area contributed by atoms with Crippen LogP contribution in [0.2, 0.25) is 5.02 Å². The number of hydrogen-bond acceptors (Lipinski definition) is 8. The second-order valence-electron chi connectivity index (χ2n) is 7.28. The molecular weight excluding hydrogens is 449 g/mol. The molecule has 2 aromatic carbocycles. The van der Waals surface area contributed by atoms with Crippen LogP contribution in [0.1, 0.15) is 11.1 Å². The molecule has 1 aliphatic heterocycles. The maximum absolute atomic E-state index is 14.2. The lowest BCUT2D eigenvalue weighted by molar-refractivity contribution is -0.286. The summed E-state index contributed by atoms with van der Waals surface area (Å²) < 4.78 is 24.1. The minimum atomic E-state index is -1.91. The van der Waals surface area contributed by atoms with Gasteiger partial charge in [-0.25, -0.2) is 9.18 Å². The first-order valence-electron chi connectivity index (χ1n) is 9.51. The fraction of sp³-hybridized carbons (Fsp3) is 0.333. The second-order valence-corrected chi connectivity index (χ2v) is 7.69. The number of nitrogens with one attached hydrogen (secondary N) is 1. The molecule has 9 nitrogen and oxygen atoms in total. The number of rotatable bonds is 6. The molecule has 0 amide bonds. The molecule has 0 radical (unpaired) electrons. The minimum absolute atomic E-state index is 0.0140. The minimum Gasteiger partial charge on any atom is -0.479 e. The van der Waals surface area contributed by atoms with Gasteiger partial charge < -0.3 is 35.2 Å².